The molecule has 1 heterocycles. The standard InChI is InChI=1S/C15H23NO2/c1-16-9-8-13-5-2-3-6-14(13)11-17-12-15-7-4-10-18-15/h2-3,5-6,15-16H,4,7-12H2,1H3. The monoisotopic (exact) mass is 249 g/mol. The van der Waals surface area contributed by atoms with Crippen LogP contribution in [0.2, 0.25) is 0 Å². The molecular weight excluding hydrogens is 226 g/mol. The van der Waals surface area contributed by atoms with E-state index in [4.69, 9.17) is 9.47 Å². The third-order valence-electron chi connectivity index (χ3n) is 3.35. The van der Waals surface area contributed by atoms with Crippen molar-refractivity contribution in [2.75, 3.05) is 26.8 Å². The molecule has 2 rings (SSSR count). The molecule has 1 aromatic rings. The first-order chi connectivity index (χ1) is 8.90. The number of hydrogen-bond acceptors (Lipinski definition) is 3. The summed E-state index contributed by atoms with van der Waals surface area (Å²) in [4.78, 5) is 0. The van der Waals surface area contributed by atoms with Gasteiger partial charge in [0.1, 0.15) is 0 Å². The minimum atomic E-state index is 0.314. The van der Waals surface area contributed by atoms with E-state index in [0.717, 1.165) is 32.6 Å². The zero-order chi connectivity index (χ0) is 12.6. The van der Waals surface area contributed by atoms with Gasteiger partial charge in [-0.2, -0.15) is 0 Å². The van der Waals surface area contributed by atoms with E-state index < -0.39 is 0 Å². The Balaban J connectivity index is 1.79. The summed E-state index contributed by atoms with van der Waals surface area (Å²) in [5.74, 6) is 0. The second kappa shape index (κ2) is 7.52. The van der Waals surface area contributed by atoms with Gasteiger partial charge in [-0.1, -0.05) is 24.3 Å². The molecule has 0 aromatic heterocycles. The number of ether oxygens (including phenoxy) is 2. The zero-order valence-corrected chi connectivity index (χ0v) is 11.2. The molecule has 0 aliphatic carbocycles. The van der Waals surface area contributed by atoms with Crippen molar-refractivity contribution < 1.29 is 9.47 Å². The van der Waals surface area contributed by atoms with E-state index in [-0.39, 0.29) is 0 Å². The van der Waals surface area contributed by atoms with E-state index >= 15 is 0 Å². The predicted octanol–water partition coefficient (Wildman–Crippen LogP) is 2.14. The molecule has 1 atom stereocenters. The molecule has 1 aliphatic rings. The first-order valence-electron chi connectivity index (χ1n) is 6.81. The maximum Gasteiger partial charge on any atom is 0.0809 e. The highest BCUT2D eigenvalue weighted by Gasteiger charge is 2.15. The second-order valence-electron chi connectivity index (χ2n) is 4.77. The molecular formula is C15H23NO2. The highest BCUT2D eigenvalue weighted by Crippen LogP contribution is 2.14. The van der Waals surface area contributed by atoms with Crippen LogP contribution in [0.3, 0.4) is 0 Å². The van der Waals surface area contributed by atoms with E-state index in [1.807, 2.05) is 7.05 Å². The van der Waals surface area contributed by atoms with Gasteiger partial charge >= 0.3 is 0 Å². The summed E-state index contributed by atoms with van der Waals surface area (Å²) in [5.41, 5.74) is 2.67. The molecule has 0 saturated carbocycles. The Bertz CT molecular complexity index is 348. The fraction of sp³-hybridized carbons (Fsp3) is 0.600. The fourth-order valence-corrected chi connectivity index (χ4v) is 2.28. The molecule has 1 unspecified atom stereocenters. The number of rotatable bonds is 7. The van der Waals surface area contributed by atoms with Crippen molar-refractivity contribution in [3.63, 3.8) is 0 Å². The van der Waals surface area contributed by atoms with Gasteiger partial charge < -0.3 is 14.8 Å². The van der Waals surface area contributed by atoms with Crippen LogP contribution in [0.25, 0.3) is 0 Å². The van der Waals surface area contributed by atoms with Gasteiger partial charge in [-0.3, -0.25) is 0 Å². The summed E-state index contributed by atoms with van der Waals surface area (Å²) in [6.45, 7) is 3.32. The molecule has 1 aromatic carbocycles. The van der Waals surface area contributed by atoms with Crippen LogP contribution >= 0.6 is 0 Å². The van der Waals surface area contributed by atoms with Crippen LogP contribution in [0.5, 0.6) is 0 Å². The van der Waals surface area contributed by atoms with Gasteiger partial charge in [-0.05, 0) is 44.0 Å². The van der Waals surface area contributed by atoms with E-state index in [2.05, 4.69) is 29.6 Å². The number of likely N-dealkylation sites (N-methyl/N-ethyl adjacent to an activating group) is 1. The first kappa shape index (κ1) is 13.5. The van der Waals surface area contributed by atoms with Gasteiger partial charge in [-0.25, -0.2) is 0 Å². The number of nitrogens with one attached hydrogen (secondary N) is 1. The van der Waals surface area contributed by atoms with E-state index in [1.54, 1.807) is 0 Å². The maximum atomic E-state index is 5.78. The van der Waals surface area contributed by atoms with Gasteiger partial charge in [0, 0.05) is 6.61 Å². The Kier molecular flexibility index (Phi) is 5.65. The number of hydrogen-bond donors (Lipinski definition) is 1. The highest BCUT2D eigenvalue weighted by atomic mass is 16.5. The summed E-state index contributed by atoms with van der Waals surface area (Å²) in [7, 11) is 1.98. The second-order valence-corrected chi connectivity index (χ2v) is 4.77. The number of benzene rings is 1. The average molecular weight is 249 g/mol. The van der Waals surface area contributed by atoms with Crippen LogP contribution in [-0.4, -0.2) is 32.9 Å². The summed E-state index contributed by atoms with van der Waals surface area (Å²) < 4.78 is 11.3. The molecule has 0 radical (unpaired) electrons. The Labute approximate surface area is 109 Å². The van der Waals surface area contributed by atoms with Crippen molar-refractivity contribution in [1.82, 2.24) is 5.32 Å². The molecule has 1 N–H and O–H groups in total. The van der Waals surface area contributed by atoms with Crippen molar-refractivity contribution >= 4 is 0 Å². The van der Waals surface area contributed by atoms with Crippen molar-refractivity contribution in [2.45, 2.75) is 32.0 Å². The third-order valence-corrected chi connectivity index (χ3v) is 3.35. The Hall–Kier alpha value is -0.900. The molecule has 3 nitrogen and oxygen atoms in total. The highest BCUT2D eigenvalue weighted by molar-refractivity contribution is 5.26. The molecule has 1 fully saturated rings. The van der Waals surface area contributed by atoms with Crippen LogP contribution in [0, 0.1) is 0 Å². The van der Waals surface area contributed by atoms with Crippen molar-refractivity contribution in [2.24, 2.45) is 0 Å². The lowest BCUT2D eigenvalue weighted by molar-refractivity contribution is 0.0104. The van der Waals surface area contributed by atoms with Crippen molar-refractivity contribution in [3.05, 3.63) is 35.4 Å². The lowest BCUT2D eigenvalue weighted by Gasteiger charge is -2.12. The van der Waals surface area contributed by atoms with Gasteiger partial charge in [-0.15, -0.1) is 0 Å². The Morgan fingerprint density at radius 3 is 2.89 bits per heavy atom. The van der Waals surface area contributed by atoms with E-state index in [9.17, 15) is 0 Å². The van der Waals surface area contributed by atoms with Crippen molar-refractivity contribution in [1.29, 1.82) is 0 Å². The molecule has 3 heteroatoms. The quantitative estimate of drug-likeness (QED) is 0.803. The summed E-state index contributed by atoms with van der Waals surface area (Å²) >= 11 is 0. The zero-order valence-electron chi connectivity index (χ0n) is 11.2. The van der Waals surface area contributed by atoms with Crippen LogP contribution in [-0.2, 0) is 22.5 Å². The lowest BCUT2D eigenvalue weighted by atomic mass is 10.1. The van der Waals surface area contributed by atoms with Gasteiger partial charge in [0.25, 0.3) is 0 Å². The fourth-order valence-electron chi connectivity index (χ4n) is 2.28. The Morgan fingerprint density at radius 2 is 2.17 bits per heavy atom. The maximum absolute atomic E-state index is 5.78. The predicted molar refractivity (Wildman–Crippen MR) is 72.7 cm³/mol. The molecule has 1 aliphatic heterocycles. The molecule has 100 valence electrons. The van der Waals surface area contributed by atoms with Crippen LogP contribution in [0.15, 0.2) is 24.3 Å². The third kappa shape index (κ3) is 4.09. The van der Waals surface area contributed by atoms with Gasteiger partial charge in [0.15, 0.2) is 0 Å². The smallest absolute Gasteiger partial charge is 0.0809 e. The minimum absolute atomic E-state index is 0.314. The van der Waals surface area contributed by atoms with Crippen LogP contribution < -0.4 is 5.32 Å². The SMILES string of the molecule is CNCCc1ccccc1COCC1CCCO1. The minimum Gasteiger partial charge on any atom is -0.376 e. The summed E-state index contributed by atoms with van der Waals surface area (Å²) in [6.07, 6.45) is 3.68. The molecule has 0 amide bonds. The Morgan fingerprint density at radius 1 is 1.33 bits per heavy atom. The summed E-state index contributed by atoms with van der Waals surface area (Å²) in [6, 6.07) is 8.50. The van der Waals surface area contributed by atoms with Crippen molar-refractivity contribution in [3.8, 4) is 0 Å². The molecule has 0 bridgehead atoms. The van der Waals surface area contributed by atoms with Crippen LogP contribution in [0.1, 0.15) is 24.0 Å². The molecule has 0 spiro atoms. The lowest BCUT2D eigenvalue weighted by Crippen LogP contribution is -2.15. The normalized spacial score (nSPS) is 19.3. The average Bonchev–Trinajstić information content (AvgIpc) is 2.91. The molecule has 18 heavy (non-hydrogen) atoms. The largest absolute Gasteiger partial charge is 0.376 e. The van der Waals surface area contributed by atoms with Crippen LogP contribution in [0.4, 0.5) is 0 Å². The van der Waals surface area contributed by atoms with E-state index in [1.165, 1.54) is 17.5 Å². The van der Waals surface area contributed by atoms with Gasteiger partial charge in [0.2, 0.25) is 0 Å². The molecule has 1 saturated heterocycles. The summed E-state index contributed by atoms with van der Waals surface area (Å²) in [5, 5.41) is 3.18. The topological polar surface area (TPSA) is 30.5 Å². The van der Waals surface area contributed by atoms with E-state index in [0.29, 0.717) is 12.7 Å². The first-order valence-corrected chi connectivity index (χ1v) is 6.81. The van der Waals surface area contributed by atoms with Gasteiger partial charge in [0.05, 0.1) is 19.3 Å².